The van der Waals surface area contributed by atoms with Crippen LogP contribution in [0.3, 0.4) is 0 Å². The normalized spacial score (nSPS) is 19.4. The van der Waals surface area contributed by atoms with E-state index in [0.29, 0.717) is 13.1 Å². The van der Waals surface area contributed by atoms with E-state index in [4.69, 9.17) is 4.74 Å². The minimum absolute atomic E-state index is 0.0155. The number of nitrogens with zero attached hydrogens (tertiary/aromatic N) is 3. The van der Waals surface area contributed by atoms with Gasteiger partial charge in [0.2, 0.25) is 17.7 Å². The Bertz CT molecular complexity index is 1170. The number of carbonyl (C=O) groups is 6. The standard InChI is InChI=1S/C26H31N5O7/c1-29(14-10-22(34)30-12-3-2-4-13-30)15-11-27-21(33)16-38-19-7-5-6-17-23(19)26(37)31(25(17)36)18-8-9-20(32)28-24(18)35/h5-7,10,14,18H,2-4,8-9,11-13,15-16H2,1H3,(H,27,33)(H,28,32,35)/b14-10+. The lowest BCUT2D eigenvalue weighted by Gasteiger charge is -2.27. The maximum atomic E-state index is 13.1. The Morgan fingerprint density at radius 3 is 2.63 bits per heavy atom. The zero-order chi connectivity index (χ0) is 27.2. The lowest BCUT2D eigenvalue weighted by molar-refractivity contribution is -0.136. The average Bonchev–Trinajstić information content (AvgIpc) is 3.16. The molecule has 3 heterocycles. The smallest absolute Gasteiger partial charge is 0.266 e. The summed E-state index contributed by atoms with van der Waals surface area (Å²) in [4.78, 5) is 78.7. The van der Waals surface area contributed by atoms with Crippen LogP contribution in [0.25, 0.3) is 0 Å². The number of carbonyl (C=O) groups excluding carboxylic acids is 6. The van der Waals surface area contributed by atoms with E-state index in [0.717, 1.165) is 37.3 Å². The highest BCUT2D eigenvalue weighted by atomic mass is 16.5. The molecule has 0 aliphatic carbocycles. The first-order chi connectivity index (χ1) is 18.3. The summed E-state index contributed by atoms with van der Waals surface area (Å²) >= 11 is 0. The summed E-state index contributed by atoms with van der Waals surface area (Å²) in [6.07, 6.45) is 6.48. The Labute approximate surface area is 219 Å². The van der Waals surface area contributed by atoms with Crippen molar-refractivity contribution in [3.63, 3.8) is 0 Å². The summed E-state index contributed by atoms with van der Waals surface area (Å²) in [5, 5.41) is 4.86. The van der Waals surface area contributed by atoms with Gasteiger partial charge in [0.15, 0.2) is 6.61 Å². The molecule has 4 rings (SSSR count). The second kappa shape index (κ2) is 11.9. The van der Waals surface area contributed by atoms with Gasteiger partial charge in [-0.25, -0.2) is 0 Å². The number of ether oxygens (including phenoxy) is 1. The molecule has 0 saturated carbocycles. The summed E-state index contributed by atoms with van der Waals surface area (Å²) in [6, 6.07) is 3.37. The molecule has 1 aromatic carbocycles. The molecule has 202 valence electrons. The van der Waals surface area contributed by atoms with Crippen molar-refractivity contribution in [1.82, 2.24) is 25.3 Å². The molecule has 2 N–H and O–H groups in total. The second-order valence-corrected chi connectivity index (χ2v) is 9.45. The average molecular weight is 526 g/mol. The van der Waals surface area contributed by atoms with E-state index >= 15 is 0 Å². The number of likely N-dealkylation sites (tertiary alicyclic amines) is 1. The van der Waals surface area contributed by atoms with Crippen LogP contribution in [0.15, 0.2) is 30.5 Å². The van der Waals surface area contributed by atoms with Gasteiger partial charge in [0, 0.05) is 51.9 Å². The third kappa shape index (κ3) is 6.01. The predicted octanol–water partition coefficient (Wildman–Crippen LogP) is 0.0408. The van der Waals surface area contributed by atoms with Gasteiger partial charge in [-0.2, -0.15) is 0 Å². The van der Waals surface area contributed by atoms with Gasteiger partial charge in [-0.05, 0) is 37.8 Å². The van der Waals surface area contributed by atoms with Crippen LogP contribution in [0.1, 0.15) is 52.8 Å². The number of fused-ring (bicyclic) bond motifs is 1. The third-order valence-electron chi connectivity index (χ3n) is 6.71. The van der Waals surface area contributed by atoms with Gasteiger partial charge in [0.1, 0.15) is 11.8 Å². The van der Waals surface area contributed by atoms with Crippen LogP contribution < -0.4 is 15.4 Å². The topological polar surface area (TPSA) is 145 Å². The third-order valence-corrected chi connectivity index (χ3v) is 6.71. The summed E-state index contributed by atoms with van der Waals surface area (Å²) in [5.74, 6) is -2.90. The highest BCUT2D eigenvalue weighted by Gasteiger charge is 2.46. The number of imide groups is 2. The number of piperidine rings is 2. The molecule has 3 aliphatic heterocycles. The molecule has 38 heavy (non-hydrogen) atoms. The van der Waals surface area contributed by atoms with Crippen LogP contribution in [-0.2, 0) is 19.2 Å². The summed E-state index contributed by atoms with van der Waals surface area (Å²) in [5.41, 5.74) is 0.0587. The quantitative estimate of drug-likeness (QED) is 0.340. The van der Waals surface area contributed by atoms with Crippen LogP contribution >= 0.6 is 0 Å². The predicted molar refractivity (Wildman–Crippen MR) is 134 cm³/mol. The molecule has 3 aliphatic rings. The molecule has 1 aromatic rings. The molecule has 1 unspecified atom stereocenters. The SMILES string of the molecule is CN(/C=C/C(=O)N1CCCCC1)CCNC(=O)COc1cccc2c1C(=O)N(C1CCC(=O)NC1=O)C2=O. The van der Waals surface area contributed by atoms with Crippen molar-refractivity contribution >= 4 is 35.4 Å². The Hall–Kier alpha value is -4.22. The number of nitrogens with one attached hydrogen (secondary N) is 2. The largest absolute Gasteiger partial charge is 0.483 e. The van der Waals surface area contributed by atoms with Gasteiger partial charge in [-0.1, -0.05) is 6.07 Å². The van der Waals surface area contributed by atoms with Crippen molar-refractivity contribution in [2.24, 2.45) is 0 Å². The number of benzene rings is 1. The fourth-order valence-electron chi connectivity index (χ4n) is 4.66. The first-order valence-corrected chi connectivity index (χ1v) is 12.7. The molecule has 6 amide bonds. The number of hydrogen-bond donors (Lipinski definition) is 2. The second-order valence-electron chi connectivity index (χ2n) is 9.45. The Morgan fingerprint density at radius 1 is 1.13 bits per heavy atom. The molecular formula is C26H31N5O7. The molecule has 0 radical (unpaired) electrons. The number of hydrogen-bond acceptors (Lipinski definition) is 8. The lowest BCUT2D eigenvalue weighted by Crippen LogP contribution is -2.54. The van der Waals surface area contributed by atoms with Crippen molar-refractivity contribution < 1.29 is 33.5 Å². The van der Waals surface area contributed by atoms with E-state index in [1.165, 1.54) is 24.3 Å². The Morgan fingerprint density at radius 2 is 1.89 bits per heavy atom. The number of rotatable bonds is 9. The van der Waals surface area contributed by atoms with Crippen LogP contribution in [-0.4, -0.2) is 96.0 Å². The molecule has 1 atom stereocenters. The van der Waals surface area contributed by atoms with Gasteiger partial charge in [0.05, 0.1) is 11.1 Å². The molecule has 2 fully saturated rings. The fourth-order valence-corrected chi connectivity index (χ4v) is 4.66. The van der Waals surface area contributed by atoms with Gasteiger partial charge in [-0.15, -0.1) is 0 Å². The molecule has 12 nitrogen and oxygen atoms in total. The van der Waals surface area contributed by atoms with Crippen LogP contribution in [0.5, 0.6) is 5.75 Å². The maximum Gasteiger partial charge on any atom is 0.266 e. The summed E-state index contributed by atoms with van der Waals surface area (Å²) < 4.78 is 5.57. The van der Waals surface area contributed by atoms with E-state index in [2.05, 4.69) is 10.6 Å². The summed E-state index contributed by atoms with van der Waals surface area (Å²) in [7, 11) is 1.80. The van der Waals surface area contributed by atoms with E-state index < -0.39 is 35.6 Å². The zero-order valence-corrected chi connectivity index (χ0v) is 21.2. The fraction of sp³-hybridized carbons (Fsp3) is 0.462. The monoisotopic (exact) mass is 525 g/mol. The van der Waals surface area contributed by atoms with Gasteiger partial charge >= 0.3 is 0 Å². The van der Waals surface area contributed by atoms with Gasteiger partial charge < -0.3 is 19.9 Å². The molecule has 0 bridgehead atoms. The maximum absolute atomic E-state index is 13.1. The highest BCUT2D eigenvalue weighted by Crippen LogP contribution is 2.33. The van der Waals surface area contributed by atoms with Crippen molar-refractivity contribution in [2.45, 2.75) is 38.1 Å². The van der Waals surface area contributed by atoms with Crippen molar-refractivity contribution in [2.75, 3.05) is 39.8 Å². The van der Waals surface area contributed by atoms with Crippen molar-refractivity contribution in [3.05, 3.63) is 41.6 Å². The highest BCUT2D eigenvalue weighted by molar-refractivity contribution is 6.24. The first kappa shape index (κ1) is 26.8. The van der Waals surface area contributed by atoms with Crippen LogP contribution in [0.4, 0.5) is 0 Å². The van der Waals surface area contributed by atoms with Gasteiger partial charge in [0.25, 0.3) is 17.7 Å². The van der Waals surface area contributed by atoms with Crippen LogP contribution in [0, 0.1) is 0 Å². The van der Waals surface area contributed by atoms with Crippen molar-refractivity contribution in [1.29, 1.82) is 0 Å². The molecule has 0 spiro atoms. The van der Waals surface area contributed by atoms with E-state index in [1.54, 1.807) is 18.1 Å². The van der Waals surface area contributed by atoms with E-state index in [1.807, 2.05) is 4.90 Å². The molecular weight excluding hydrogens is 494 g/mol. The van der Waals surface area contributed by atoms with Crippen LogP contribution in [0.2, 0.25) is 0 Å². The molecule has 12 heteroatoms. The Kier molecular flexibility index (Phi) is 8.39. The number of likely N-dealkylation sites (N-methyl/N-ethyl adjacent to an activating group) is 1. The molecule has 2 saturated heterocycles. The van der Waals surface area contributed by atoms with E-state index in [9.17, 15) is 28.8 Å². The number of amides is 6. The first-order valence-electron chi connectivity index (χ1n) is 12.7. The van der Waals surface area contributed by atoms with E-state index in [-0.39, 0.29) is 42.2 Å². The summed E-state index contributed by atoms with van der Waals surface area (Å²) in [6.45, 7) is 1.94. The lowest BCUT2D eigenvalue weighted by atomic mass is 10.0. The van der Waals surface area contributed by atoms with Gasteiger partial charge in [-0.3, -0.25) is 39.0 Å². The Balaban J connectivity index is 1.26. The molecule has 0 aromatic heterocycles. The minimum Gasteiger partial charge on any atom is -0.483 e. The minimum atomic E-state index is -1.09. The zero-order valence-electron chi connectivity index (χ0n) is 21.2. The van der Waals surface area contributed by atoms with Crippen molar-refractivity contribution in [3.8, 4) is 5.75 Å².